The molecule has 32 heavy (non-hydrogen) atoms. The zero-order chi connectivity index (χ0) is 22.5. The van der Waals surface area contributed by atoms with Crippen LogP contribution in [0.15, 0.2) is 77.7 Å². The Kier molecular flexibility index (Phi) is 4.83. The van der Waals surface area contributed by atoms with Crippen LogP contribution in [0.4, 0.5) is 5.69 Å². The number of hydrogen-bond donors (Lipinski definition) is 1. The molecule has 0 spiro atoms. The molecule has 0 bridgehead atoms. The fourth-order valence-electron chi connectivity index (χ4n) is 4.52. The van der Waals surface area contributed by atoms with Gasteiger partial charge in [-0.2, -0.15) is 4.31 Å². The number of para-hydroxylation sites is 2. The van der Waals surface area contributed by atoms with Crippen LogP contribution in [-0.4, -0.2) is 29.2 Å². The van der Waals surface area contributed by atoms with E-state index >= 15 is 0 Å². The van der Waals surface area contributed by atoms with Crippen molar-refractivity contribution in [1.82, 2.24) is 9.29 Å². The first-order valence-electron chi connectivity index (χ1n) is 10.3. The molecule has 0 amide bonds. The van der Waals surface area contributed by atoms with Gasteiger partial charge in [-0.05, 0) is 37.1 Å². The number of nitrogens with one attached hydrogen (secondary N) is 1. The first kappa shape index (κ1) is 20.4. The summed E-state index contributed by atoms with van der Waals surface area (Å²) in [5.74, 6) is 0. The van der Waals surface area contributed by atoms with Gasteiger partial charge in [0.05, 0.1) is 21.4 Å². The standard InChI is InChI=1S/C24H21N3O4S/c1-16-10-12-17(13-11-16)32(30,31)26-15-14-19-18-6-2-4-8-21(18)25-23(19)24(26)20-7-3-5-9-22(20)27(28)29/h2-13,24-25H,14-15H2,1H3. The average Bonchev–Trinajstić information content (AvgIpc) is 3.17. The monoisotopic (exact) mass is 447 g/mol. The van der Waals surface area contributed by atoms with Crippen molar-refractivity contribution in [2.75, 3.05) is 6.54 Å². The molecule has 3 aromatic carbocycles. The molecule has 0 radical (unpaired) electrons. The van der Waals surface area contributed by atoms with Gasteiger partial charge in [-0.15, -0.1) is 0 Å². The van der Waals surface area contributed by atoms with E-state index in [0.717, 1.165) is 22.0 Å². The highest BCUT2D eigenvalue weighted by Gasteiger charge is 2.41. The molecule has 0 fully saturated rings. The number of hydrogen-bond acceptors (Lipinski definition) is 4. The van der Waals surface area contributed by atoms with E-state index in [1.54, 1.807) is 42.5 Å². The number of aromatic nitrogens is 1. The Morgan fingerprint density at radius 3 is 2.44 bits per heavy atom. The largest absolute Gasteiger partial charge is 0.357 e. The Labute approximate surface area is 185 Å². The summed E-state index contributed by atoms with van der Waals surface area (Å²) in [6, 6.07) is 20.0. The molecule has 1 atom stereocenters. The van der Waals surface area contributed by atoms with Gasteiger partial charge in [-0.3, -0.25) is 10.1 Å². The molecule has 0 aliphatic carbocycles. The summed E-state index contributed by atoms with van der Waals surface area (Å²) in [5, 5.41) is 12.9. The summed E-state index contributed by atoms with van der Waals surface area (Å²) in [4.78, 5) is 14.9. The molecule has 7 nitrogen and oxygen atoms in total. The van der Waals surface area contributed by atoms with Crippen molar-refractivity contribution in [2.24, 2.45) is 0 Å². The number of aromatic amines is 1. The highest BCUT2D eigenvalue weighted by molar-refractivity contribution is 7.89. The Morgan fingerprint density at radius 2 is 1.69 bits per heavy atom. The van der Waals surface area contributed by atoms with Crippen molar-refractivity contribution < 1.29 is 13.3 Å². The van der Waals surface area contributed by atoms with Crippen molar-refractivity contribution in [3.05, 3.63) is 105 Å². The molecule has 4 aromatic rings. The summed E-state index contributed by atoms with van der Waals surface area (Å²) in [6.07, 6.45) is 0.515. The zero-order valence-electron chi connectivity index (χ0n) is 17.4. The summed E-state index contributed by atoms with van der Waals surface area (Å²) in [5.41, 5.74) is 3.77. The van der Waals surface area contributed by atoms with Crippen LogP contribution >= 0.6 is 0 Å². The predicted octanol–water partition coefficient (Wildman–Crippen LogP) is 4.72. The molecule has 1 N–H and O–H groups in total. The van der Waals surface area contributed by atoms with Crippen molar-refractivity contribution >= 4 is 26.6 Å². The van der Waals surface area contributed by atoms with Crippen molar-refractivity contribution in [2.45, 2.75) is 24.3 Å². The summed E-state index contributed by atoms with van der Waals surface area (Å²) in [7, 11) is -3.91. The summed E-state index contributed by atoms with van der Waals surface area (Å²) < 4.78 is 28.8. The highest BCUT2D eigenvalue weighted by atomic mass is 32.2. The third kappa shape index (κ3) is 3.19. The molecule has 162 valence electrons. The van der Waals surface area contributed by atoms with Crippen LogP contribution in [0.25, 0.3) is 10.9 Å². The molecule has 0 saturated heterocycles. The molecular weight excluding hydrogens is 426 g/mol. The number of fused-ring (bicyclic) bond motifs is 3. The maximum absolute atomic E-state index is 13.7. The fourth-order valence-corrected chi connectivity index (χ4v) is 6.10. The third-order valence-electron chi connectivity index (χ3n) is 6.05. The van der Waals surface area contributed by atoms with Crippen molar-refractivity contribution in [3.63, 3.8) is 0 Å². The molecule has 5 rings (SSSR count). The summed E-state index contributed by atoms with van der Waals surface area (Å²) >= 11 is 0. The van der Waals surface area contributed by atoms with E-state index < -0.39 is 21.0 Å². The molecule has 1 aliphatic rings. The zero-order valence-corrected chi connectivity index (χ0v) is 18.2. The number of sulfonamides is 1. The number of benzene rings is 3. The Balaban J connectivity index is 1.76. The Bertz CT molecular complexity index is 1440. The van der Waals surface area contributed by atoms with E-state index in [-0.39, 0.29) is 17.1 Å². The van der Waals surface area contributed by atoms with Crippen LogP contribution in [0.3, 0.4) is 0 Å². The average molecular weight is 448 g/mol. The normalized spacial score (nSPS) is 16.7. The van der Waals surface area contributed by atoms with E-state index in [2.05, 4.69) is 4.98 Å². The SMILES string of the molecule is Cc1ccc(S(=O)(=O)N2CCc3c([nH]c4ccccc34)C2c2ccccc2[N+](=O)[O-])cc1. The van der Waals surface area contributed by atoms with Crippen LogP contribution in [0, 0.1) is 17.0 Å². The topological polar surface area (TPSA) is 96.3 Å². The molecule has 1 unspecified atom stereocenters. The fraction of sp³-hybridized carbons (Fsp3) is 0.167. The quantitative estimate of drug-likeness (QED) is 0.362. The Hall–Kier alpha value is -3.49. The maximum Gasteiger partial charge on any atom is 0.274 e. The molecule has 1 aliphatic heterocycles. The maximum atomic E-state index is 13.7. The number of rotatable bonds is 4. The number of nitro groups is 1. The lowest BCUT2D eigenvalue weighted by atomic mass is 9.93. The highest BCUT2D eigenvalue weighted by Crippen LogP contribution is 2.43. The number of H-pyrrole nitrogens is 1. The number of nitrogens with zero attached hydrogens (tertiary/aromatic N) is 2. The lowest BCUT2D eigenvalue weighted by molar-refractivity contribution is -0.385. The lowest BCUT2D eigenvalue weighted by Crippen LogP contribution is -2.40. The van der Waals surface area contributed by atoms with Crippen LogP contribution in [0.2, 0.25) is 0 Å². The van der Waals surface area contributed by atoms with Gasteiger partial charge in [0, 0.05) is 29.2 Å². The molecule has 2 heterocycles. The minimum Gasteiger partial charge on any atom is -0.357 e. The van der Waals surface area contributed by atoms with Gasteiger partial charge in [0.15, 0.2) is 0 Å². The van der Waals surface area contributed by atoms with E-state index in [4.69, 9.17) is 0 Å². The van der Waals surface area contributed by atoms with Gasteiger partial charge in [0.2, 0.25) is 10.0 Å². The van der Waals surface area contributed by atoms with Crippen LogP contribution in [0.1, 0.15) is 28.4 Å². The number of nitro benzene ring substituents is 1. The minimum absolute atomic E-state index is 0.104. The minimum atomic E-state index is -3.91. The smallest absolute Gasteiger partial charge is 0.274 e. The van der Waals surface area contributed by atoms with Gasteiger partial charge < -0.3 is 4.98 Å². The summed E-state index contributed by atoms with van der Waals surface area (Å²) in [6.45, 7) is 2.12. The predicted molar refractivity (Wildman–Crippen MR) is 122 cm³/mol. The van der Waals surface area contributed by atoms with E-state index in [0.29, 0.717) is 17.7 Å². The van der Waals surface area contributed by atoms with Gasteiger partial charge in [-0.25, -0.2) is 8.42 Å². The van der Waals surface area contributed by atoms with E-state index in [9.17, 15) is 18.5 Å². The van der Waals surface area contributed by atoms with E-state index in [1.807, 2.05) is 31.2 Å². The van der Waals surface area contributed by atoms with Gasteiger partial charge in [-0.1, -0.05) is 54.1 Å². The third-order valence-corrected chi connectivity index (χ3v) is 7.92. The second-order valence-corrected chi connectivity index (χ2v) is 9.85. The Morgan fingerprint density at radius 1 is 1.00 bits per heavy atom. The van der Waals surface area contributed by atoms with Crippen molar-refractivity contribution in [3.8, 4) is 0 Å². The van der Waals surface area contributed by atoms with Crippen LogP contribution < -0.4 is 0 Å². The molecule has 0 saturated carbocycles. The number of aryl methyl sites for hydroxylation is 1. The van der Waals surface area contributed by atoms with E-state index in [1.165, 1.54) is 10.4 Å². The van der Waals surface area contributed by atoms with Crippen molar-refractivity contribution in [1.29, 1.82) is 0 Å². The van der Waals surface area contributed by atoms with Crippen LogP contribution in [0.5, 0.6) is 0 Å². The second-order valence-electron chi connectivity index (χ2n) is 7.96. The van der Waals surface area contributed by atoms with Gasteiger partial charge >= 0.3 is 0 Å². The van der Waals surface area contributed by atoms with Gasteiger partial charge in [0.1, 0.15) is 0 Å². The second kappa shape index (κ2) is 7.58. The molecular formula is C24H21N3O4S. The molecule has 8 heteroatoms. The van der Waals surface area contributed by atoms with Crippen LogP contribution in [-0.2, 0) is 16.4 Å². The van der Waals surface area contributed by atoms with Gasteiger partial charge in [0.25, 0.3) is 5.69 Å². The first-order chi connectivity index (χ1) is 15.4. The first-order valence-corrected chi connectivity index (χ1v) is 11.7. The lowest BCUT2D eigenvalue weighted by Gasteiger charge is -2.35. The molecule has 1 aromatic heterocycles.